The molecule has 1 aromatic heterocycles. The lowest BCUT2D eigenvalue weighted by molar-refractivity contribution is -0.122. The fraction of sp³-hybridized carbons (Fsp3) is 0.524. The van der Waals surface area contributed by atoms with Crippen LogP contribution in [0.15, 0.2) is 28.8 Å². The van der Waals surface area contributed by atoms with Crippen molar-refractivity contribution in [1.82, 2.24) is 15.2 Å². The number of likely N-dealkylation sites (tertiary alicyclic amines) is 1. The van der Waals surface area contributed by atoms with Crippen LogP contribution in [0.3, 0.4) is 0 Å². The summed E-state index contributed by atoms with van der Waals surface area (Å²) in [6.45, 7) is 5.51. The second-order valence-electron chi connectivity index (χ2n) is 7.28. The summed E-state index contributed by atoms with van der Waals surface area (Å²) in [5.74, 6) is 1.17. The number of amides is 1. The van der Waals surface area contributed by atoms with Crippen molar-refractivity contribution < 1.29 is 9.21 Å². The number of unbranched alkanes of at least 4 members (excludes halogenated alkanes) is 1. The summed E-state index contributed by atoms with van der Waals surface area (Å²) < 4.78 is 5.76. The van der Waals surface area contributed by atoms with Crippen molar-refractivity contribution in [1.29, 1.82) is 0 Å². The van der Waals surface area contributed by atoms with E-state index in [9.17, 15) is 4.79 Å². The van der Waals surface area contributed by atoms with Crippen LogP contribution in [0.1, 0.15) is 44.9 Å². The molecule has 1 saturated heterocycles. The molecule has 7 heteroatoms. The molecule has 0 saturated carbocycles. The third-order valence-corrected chi connectivity index (χ3v) is 5.64. The first-order valence-electron chi connectivity index (χ1n) is 9.97. The van der Waals surface area contributed by atoms with E-state index in [1.165, 1.54) is 19.4 Å². The largest absolute Gasteiger partial charge is 0.441 e. The maximum atomic E-state index is 12.3. The maximum absolute atomic E-state index is 12.3. The predicted molar refractivity (Wildman–Crippen MR) is 113 cm³/mol. The summed E-state index contributed by atoms with van der Waals surface area (Å²) >= 11 is 12.1. The molecule has 0 atom stereocenters. The first-order chi connectivity index (χ1) is 13.5. The van der Waals surface area contributed by atoms with Gasteiger partial charge in [0.2, 0.25) is 5.91 Å². The molecule has 1 amide bonds. The van der Waals surface area contributed by atoms with Gasteiger partial charge < -0.3 is 14.6 Å². The molecule has 0 unspecified atom stereocenters. The number of aryl methyl sites for hydroxylation is 1. The predicted octanol–water partition coefficient (Wildman–Crippen LogP) is 4.96. The molecular weight excluding hydrogens is 397 g/mol. The van der Waals surface area contributed by atoms with E-state index >= 15 is 0 Å². The van der Waals surface area contributed by atoms with Crippen LogP contribution in [0.5, 0.6) is 0 Å². The summed E-state index contributed by atoms with van der Waals surface area (Å²) in [5, 5.41) is 4.23. The van der Waals surface area contributed by atoms with Gasteiger partial charge in [0.1, 0.15) is 0 Å². The van der Waals surface area contributed by atoms with Crippen LogP contribution >= 0.6 is 23.2 Å². The number of piperidine rings is 1. The smallest absolute Gasteiger partial charge is 0.220 e. The monoisotopic (exact) mass is 423 g/mol. The highest BCUT2D eigenvalue weighted by atomic mass is 35.5. The highest BCUT2D eigenvalue weighted by molar-refractivity contribution is 6.36. The lowest BCUT2D eigenvalue weighted by Crippen LogP contribution is -2.44. The van der Waals surface area contributed by atoms with Gasteiger partial charge in [0.05, 0.1) is 11.2 Å². The second-order valence-corrected chi connectivity index (χ2v) is 8.12. The maximum Gasteiger partial charge on any atom is 0.220 e. The van der Waals surface area contributed by atoms with Crippen molar-refractivity contribution in [3.8, 4) is 11.3 Å². The van der Waals surface area contributed by atoms with Crippen LogP contribution in [-0.4, -0.2) is 41.5 Å². The number of nitrogens with one attached hydrogen (secondary N) is 1. The molecule has 2 heterocycles. The molecule has 0 aliphatic carbocycles. The Balaban J connectivity index is 1.44. The van der Waals surface area contributed by atoms with Gasteiger partial charge in [-0.05, 0) is 44.0 Å². The van der Waals surface area contributed by atoms with Gasteiger partial charge in [0.15, 0.2) is 11.7 Å². The Morgan fingerprint density at radius 1 is 1.32 bits per heavy atom. The second kappa shape index (κ2) is 10.3. The average Bonchev–Trinajstić information content (AvgIpc) is 3.14. The first kappa shape index (κ1) is 21.2. The highest BCUT2D eigenvalue weighted by Crippen LogP contribution is 2.30. The molecule has 1 N–H and O–H groups in total. The summed E-state index contributed by atoms with van der Waals surface area (Å²) in [4.78, 5) is 19.0. The van der Waals surface area contributed by atoms with Gasteiger partial charge in [0, 0.05) is 42.6 Å². The Morgan fingerprint density at radius 2 is 2.11 bits per heavy atom. The van der Waals surface area contributed by atoms with E-state index in [4.69, 9.17) is 27.6 Å². The lowest BCUT2D eigenvalue weighted by atomic mass is 10.0. The molecule has 1 aliphatic rings. The van der Waals surface area contributed by atoms with Gasteiger partial charge in [-0.25, -0.2) is 4.98 Å². The fourth-order valence-electron chi connectivity index (χ4n) is 3.44. The molecule has 0 bridgehead atoms. The number of hydrogen-bond acceptors (Lipinski definition) is 4. The number of nitrogens with zero attached hydrogens (tertiary/aromatic N) is 2. The summed E-state index contributed by atoms with van der Waals surface area (Å²) in [5.41, 5.74) is 0.740. The summed E-state index contributed by atoms with van der Waals surface area (Å²) in [6.07, 6.45) is 6.98. The molecule has 0 spiro atoms. The molecule has 2 aromatic rings. The van der Waals surface area contributed by atoms with Crippen LogP contribution in [0.25, 0.3) is 11.3 Å². The minimum atomic E-state index is 0.0521. The Morgan fingerprint density at radius 3 is 2.82 bits per heavy atom. The molecule has 1 aromatic carbocycles. The van der Waals surface area contributed by atoms with E-state index in [0.717, 1.165) is 31.5 Å². The number of carbonyl (C=O) groups excluding carboxylic acids is 1. The zero-order valence-corrected chi connectivity index (χ0v) is 17.7. The fourth-order valence-corrected chi connectivity index (χ4v) is 3.94. The average molecular weight is 424 g/mol. The van der Waals surface area contributed by atoms with Gasteiger partial charge in [-0.15, -0.1) is 0 Å². The third kappa shape index (κ3) is 5.97. The number of benzene rings is 1. The van der Waals surface area contributed by atoms with Gasteiger partial charge >= 0.3 is 0 Å². The number of hydrogen-bond donors (Lipinski definition) is 1. The Hall–Kier alpha value is -1.56. The normalized spacial score (nSPS) is 15.7. The molecule has 5 nitrogen and oxygen atoms in total. The van der Waals surface area contributed by atoms with Gasteiger partial charge in [-0.2, -0.15) is 0 Å². The van der Waals surface area contributed by atoms with E-state index in [0.29, 0.717) is 34.5 Å². The molecule has 3 rings (SSSR count). The van der Waals surface area contributed by atoms with Crippen LogP contribution in [0.2, 0.25) is 10.0 Å². The van der Waals surface area contributed by atoms with E-state index < -0.39 is 0 Å². The quantitative estimate of drug-likeness (QED) is 0.651. The van der Waals surface area contributed by atoms with E-state index in [2.05, 4.69) is 22.1 Å². The molecule has 1 aliphatic heterocycles. The minimum absolute atomic E-state index is 0.0521. The van der Waals surface area contributed by atoms with Crippen LogP contribution in [0.4, 0.5) is 0 Å². The van der Waals surface area contributed by atoms with Gasteiger partial charge in [-0.1, -0.05) is 36.5 Å². The van der Waals surface area contributed by atoms with Crippen molar-refractivity contribution in [3.05, 3.63) is 40.3 Å². The number of carbonyl (C=O) groups is 1. The van der Waals surface area contributed by atoms with E-state index in [1.807, 2.05) is 0 Å². The third-order valence-electron chi connectivity index (χ3n) is 5.10. The first-order valence-corrected chi connectivity index (χ1v) is 10.7. The zero-order valence-electron chi connectivity index (χ0n) is 16.2. The van der Waals surface area contributed by atoms with E-state index in [1.54, 1.807) is 24.4 Å². The molecular formula is C21H27Cl2N3O2. The molecule has 0 radical (unpaired) electrons. The molecule has 28 heavy (non-hydrogen) atoms. The Kier molecular flexibility index (Phi) is 7.77. The van der Waals surface area contributed by atoms with Crippen molar-refractivity contribution in [2.45, 2.75) is 51.5 Å². The van der Waals surface area contributed by atoms with Crippen LogP contribution < -0.4 is 5.32 Å². The number of aromatic nitrogens is 1. The molecule has 152 valence electrons. The van der Waals surface area contributed by atoms with E-state index in [-0.39, 0.29) is 11.9 Å². The Labute approximate surface area is 176 Å². The van der Waals surface area contributed by atoms with Crippen molar-refractivity contribution in [2.75, 3.05) is 19.6 Å². The van der Waals surface area contributed by atoms with Gasteiger partial charge in [-0.3, -0.25) is 4.79 Å². The van der Waals surface area contributed by atoms with Crippen LogP contribution in [0, 0.1) is 0 Å². The number of halogens is 2. The number of rotatable bonds is 8. The van der Waals surface area contributed by atoms with Gasteiger partial charge in [0.25, 0.3) is 0 Å². The van der Waals surface area contributed by atoms with Crippen molar-refractivity contribution >= 4 is 29.1 Å². The summed E-state index contributed by atoms with van der Waals surface area (Å²) in [6, 6.07) is 5.50. The number of oxazole rings is 1. The topological polar surface area (TPSA) is 58.4 Å². The SMILES string of the molecule is CCCCN1CCC(NC(=O)CCc2ncc(-c3ccc(Cl)cc3Cl)o2)CC1. The van der Waals surface area contributed by atoms with Crippen LogP contribution in [-0.2, 0) is 11.2 Å². The summed E-state index contributed by atoms with van der Waals surface area (Å²) in [7, 11) is 0. The van der Waals surface area contributed by atoms with Crippen molar-refractivity contribution in [2.24, 2.45) is 0 Å². The molecule has 1 fully saturated rings. The zero-order chi connectivity index (χ0) is 19.9. The Bertz CT molecular complexity index is 786. The standard InChI is InChI=1S/C21H27Cl2N3O2/c1-2-3-10-26-11-8-16(9-12-26)25-20(27)6-7-21-24-14-19(28-21)17-5-4-15(22)13-18(17)23/h4-5,13-14,16H,2-3,6-12H2,1H3,(H,25,27). The minimum Gasteiger partial charge on any atom is -0.441 e. The highest BCUT2D eigenvalue weighted by Gasteiger charge is 2.20. The van der Waals surface area contributed by atoms with Crippen molar-refractivity contribution in [3.63, 3.8) is 0 Å². The lowest BCUT2D eigenvalue weighted by Gasteiger charge is -2.32.